The predicted octanol–water partition coefficient (Wildman–Crippen LogP) is -3.25. The van der Waals surface area contributed by atoms with Crippen LogP contribution in [0.2, 0.25) is 0 Å². The summed E-state index contributed by atoms with van der Waals surface area (Å²) in [5, 5.41) is 25.4. The molecule has 0 heterocycles. The van der Waals surface area contributed by atoms with E-state index in [0.29, 0.717) is 39.3 Å². The molecule has 0 aliphatic rings. The first-order valence-electron chi connectivity index (χ1n) is 5.23. The Bertz CT molecular complexity index is 184. The molecule has 0 fully saturated rings. The van der Waals surface area contributed by atoms with E-state index in [2.05, 4.69) is 37.9 Å². The number of rotatable bonds is 3. The summed E-state index contributed by atoms with van der Waals surface area (Å²) in [5.41, 5.74) is 29.4. The van der Waals surface area contributed by atoms with Crippen molar-refractivity contribution in [3.8, 4) is 16.2 Å². The SMILES string of the molecule is N#C[S-].N#C[S-].N#C[S-].NCCN.NCCN.NCCN.[Ru+3]. The van der Waals surface area contributed by atoms with Crippen molar-refractivity contribution in [1.29, 1.82) is 15.8 Å². The molecule has 0 rings (SSSR count). The summed E-state index contributed by atoms with van der Waals surface area (Å²) in [6.07, 6.45) is 0. The van der Waals surface area contributed by atoms with Gasteiger partial charge in [-0.2, -0.15) is 0 Å². The van der Waals surface area contributed by atoms with E-state index in [0.717, 1.165) is 0 Å². The van der Waals surface area contributed by atoms with Gasteiger partial charge in [0.2, 0.25) is 0 Å². The van der Waals surface area contributed by atoms with Crippen molar-refractivity contribution in [2.45, 2.75) is 0 Å². The molecule has 0 saturated carbocycles. The van der Waals surface area contributed by atoms with Crippen LogP contribution in [-0.4, -0.2) is 39.3 Å². The molecule has 1 radical (unpaired) electrons. The van der Waals surface area contributed by atoms with Crippen LogP contribution in [-0.2, 0) is 57.4 Å². The summed E-state index contributed by atoms with van der Waals surface area (Å²) < 4.78 is 0. The normalized spacial score (nSPS) is 5.05. The van der Waals surface area contributed by atoms with Gasteiger partial charge in [-0.25, -0.2) is 15.8 Å². The first-order valence-corrected chi connectivity index (χ1v) is 6.46. The molecule has 0 aromatic heterocycles. The summed E-state index contributed by atoms with van der Waals surface area (Å²) >= 11 is 11.1. The van der Waals surface area contributed by atoms with Gasteiger partial charge in [0, 0.05) is 39.3 Å². The Kier molecular flexibility index (Phi) is 211. The summed E-state index contributed by atoms with van der Waals surface area (Å²) in [5.74, 6) is 0. The standard InChI is InChI=1S/3C2H8N2.3CHNS.Ru/c3*3-1-2-4;3*2-1-3;/h3*1-4H2;3*3H;/q;;;;;;+3/p-3. The van der Waals surface area contributed by atoms with E-state index in [1.807, 2.05) is 0 Å². The van der Waals surface area contributed by atoms with Gasteiger partial charge in [-0.05, 0) is 0 Å². The van der Waals surface area contributed by atoms with Crippen LogP contribution >= 0.6 is 0 Å². The van der Waals surface area contributed by atoms with E-state index < -0.39 is 0 Å². The van der Waals surface area contributed by atoms with Crippen LogP contribution in [0.25, 0.3) is 0 Å². The van der Waals surface area contributed by atoms with Crippen molar-refractivity contribution < 1.29 is 19.5 Å². The third-order valence-corrected chi connectivity index (χ3v) is 0.500. The fraction of sp³-hybridized carbons (Fsp3) is 0.667. The molecule has 0 aliphatic heterocycles. The van der Waals surface area contributed by atoms with Gasteiger partial charge >= 0.3 is 19.5 Å². The summed E-state index contributed by atoms with van der Waals surface area (Å²) in [6, 6.07) is 0. The van der Waals surface area contributed by atoms with Gasteiger partial charge in [0.05, 0.1) is 0 Å². The average molecular weight is 456 g/mol. The van der Waals surface area contributed by atoms with Crippen molar-refractivity contribution >= 4 is 37.9 Å². The molecule has 0 aromatic rings. The zero-order valence-corrected chi connectivity index (χ0v) is 16.3. The number of nitrogens with two attached hydrogens (primary N) is 6. The van der Waals surface area contributed by atoms with E-state index in [9.17, 15) is 0 Å². The van der Waals surface area contributed by atoms with Crippen molar-refractivity contribution in [3.05, 3.63) is 0 Å². The monoisotopic (exact) mass is 456 g/mol. The molecule has 0 aliphatic carbocycles. The second-order valence-electron chi connectivity index (χ2n) is 2.01. The molecule has 13 heteroatoms. The van der Waals surface area contributed by atoms with Gasteiger partial charge in [0.25, 0.3) is 0 Å². The van der Waals surface area contributed by atoms with E-state index in [1.54, 1.807) is 0 Å². The Morgan fingerprint density at radius 1 is 0.500 bits per heavy atom. The summed E-state index contributed by atoms with van der Waals surface area (Å²) in [4.78, 5) is 0. The number of nitrogens with zero attached hydrogens (tertiary/aromatic N) is 3. The zero-order valence-electron chi connectivity index (χ0n) is 12.1. The minimum atomic E-state index is 0. The molecule has 0 aromatic carbocycles. The van der Waals surface area contributed by atoms with Gasteiger partial charge in [-0.3, -0.25) is 0 Å². The zero-order chi connectivity index (χ0) is 18.4. The Morgan fingerprint density at radius 2 is 0.545 bits per heavy atom. The number of nitriles is 3. The van der Waals surface area contributed by atoms with E-state index in [1.165, 1.54) is 16.2 Å². The largest absolute Gasteiger partial charge is 3.00 e. The van der Waals surface area contributed by atoms with Crippen LogP contribution in [0.1, 0.15) is 0 Å². The molecule has 131 valence electrons. The van der Waals surface area contributed by atoms with Crippen molar-refractivity contribution in [3.63, 3.8) is 0 Å². The van der Waals surface area contributed by atoms with Crippen molar-refractivity contribution in [2.24, 2.45) is 34.4 Å². The Hall–Kier alpha value is -0.487. The van der Waals surface area contributed by atoms with Crippen LogP contribution < -0.4 is 34.4 Å². The Balaban J connectivity index is -0.0000000245. The predicted molar refractivity (Wildman–Crippen MR) is 93.3 cm³/mol. The van der Waals surface area contributed by atoms with Gasteiger partial charge in [0.1, 0.15) is 0 Å². The molecule has 0 atom stereocenters. The third-order valence-electron chi connectivity index (χ3n) is 0.500. The fourth-order valence-electron chi connectivity index (χ4n) is 0. The van der Waals surface area contributed by atoms with Gasteiger partial charge in [-0.1, -0.05) is 16.2 Å². The number of hydrogen-bond acceptors (Lipinski definition) is 12. The quantitative estimate of drug-likeness (QED) is 0.140. The molecule has 0 spiro atoms. The first-order chi connectivity index (χ1) is 9.99. The maximum atomic E-state index is 7.13. The molecular formula is C9H24N9RuS3. The molecule has 0 bridgehead atoms. The second-order valence-corrected chi connectivity index (χ2v) is 2.55. The Labute approximate surface area is 162 Å². The van der Waals surface area contributed by atoms with Crippen LogP contribution in [0.3, 0.4) is 0 Å². The Morgan fingerprint density at radius 3 is 0.545 bits per heavy atom. The van der Waals surface area contributed by atoms with Gasteiger partial charge in [-0.15, -0.1) is 0 Å². The van der Waals surface area contributed by atoms with E-state index >= 15 is 0 Å². The number of thiocyanates is 3. The molecular weight excluding hydrogens is 431 g/mol. The van der Waals surface area contributed by atoms with Gasteiger partial charge in [0.15, 0.2) is 0 Å². The summed E-state index contributed by atoms with van der Waals surface area (Å²) in [7, 11) is 0. The molecule has 0 saturated heterocycles. The second kappa shape index (κ2) is 108. The van der Waals surface area contributed by atoms with Crippen molar-refractivity contribution in [2.75, 3.05) is 39.3 Å². The molecule has 9 nitrogen and oxygen atoms in total. The average Bonchev–Trinajstić information content (AvgIpc) is 2.50. The van der Waals surface area contributed by atoms with E-state index in [-0.39, 0.29) is 19.5 Å². The van der Waals surface area contributed by atoms with Gasteiger partial charge < -0.3 is 72.3 Å². The first kappa shape index (κ1) is 43.0. The minimum absolute atomic E-state index is 0. The fourth-order valence-corrected chi connectivity index (χ4v) is 0. The minimum Gasteiger partial charge on any atom is -0.696 e. The summed E-state index contributed by atoms with van der Waals surface area (Å²) in [6.45, 7) is 3.58. The topological polar surface area (TPSA) is 227 Å². The van der Waals surface area contributed by atoms with Crippen LogP contribution in [0.5, 0.6) is 0 Å². The number of hydrogen-bond donors (Lipinski definition) is 6. The molecule has 22 heavy (non-hydrogen) atoms. The van der Waals surface area contributed by atoms with Crippen molar-refractivity contribution in [1.82, 2.24) is 0 Å². The molecule has 0 amide bonds. The van der Waals surface area contributed by atoms with E-state index in [4.69, 9.17) is 50.2 Å². The third kappa shape index (κ3) is 1060. The maximum Gasteiger partial charge on any atom is 3.00 e. The van der Waals surface area contributed by atoms with Crippen LogP contribution in [0.4, 0.5) is 0 Å². The molecule has 0 unspecified atom stereocenters. The van der Waals surface area contributed by atoms with Crippen LogP contribution in [0.15, 0.2) is 0 Å². The smallest absolute Gasteiger partial charge is 0.696 e. The molecule has 12 N–H and O–H groups in total. The maximum absolute atomic E-state index is 7.13. The van der Waals surface area contributed by atoms with Crippen LogP contribution in [0, 0.1) is 32.0 Å².